The van der Waals surface area contributed by atoms with E-state index in [0.717, 1.165) is 4.90 Å². The van der Waals surface area contributed by atoms with Gasteiger partial charge in [0.15, 0.2) is 0 Å². The predicted octanol–water partition coefficient (Wildman–Crippen LogP) is -0.489. The van der Waals surface area contributed by atoms with Crippen LogP contribution in [0.4, 0.5) is 4.79 Å². The lowest BCUT2D eigenvalue weighted by atomic mass is 10.2. The van der Waals surface area contributed by atoms with Gasteiger partial charge in [-0.15, -0.1) is 0 Å². The Morgan fingerprint density at radius 3 is 2.60 bits per heavy atom. The van der Waals surface area contributed by atoms with E-state index in [1.165, 1.54) is 19.1 Å². The molecule has 1 rings (SSSR count). The maximum atomic E-state index is 12.1. The van der Waals surface area contributed by atoms with E-state index in [9.17, 15) is 19.5 Å². The summed E-state index contributed by atoms with van der Waals surface area (Å²) in [6.07, 6.45) is -0.150. The highest BCUT2D eigenvalue weighted by atomic mass is 16.5. The molecule has 0 unspecified atom stereocenters. The molecule has 8 heteroatoms. The van der Waals surface area contributed by atoms with Crippen molar-refractivity contribution in [2.24, 2.45) is 0 Å². The lowest BCUT2D eigenvalue weighted by molar-refractivity contribution is -0.141. The zero-order valence-electron chi connectivity index (χ0n) is 11.6. The number of methoxy groups -OCH3 is 1. The molecule has 0 aromatic rings. The van der Waals surface area contributed by atoms with Gasteiger partial charge in [0.1, 0.15) is 6.04 Å². The number of carbonyl (C=O) groups is 3. The van der Waals surface area contributed by atoms with Gasteiger partial charge in [0.25, 0.3) is 0 Å². The lowest BCUT2D eigenvalue weighted by Crippen LogP contribution is -2.47. The van der Waals surface area contributed by atoms with Crippen LogP contribution in [0, 0.1) is 0 Å². The van der Waals surface area contributed by atoms with Crippen LogP contribution in [0.3, 0.4) is 0 Å². The molecular formula is C12H20N2O6. The Balaban J connectivity index is 2.51. The van der Waals surface area contributed by atoms with E-state index in [0.29, 0.717) is 13.0 Å². The molecular weight excluding hydrogens is 268 g/mol. The first-order valence-electron chi connectivity index (χ1n) is 6.36. The molecule has 114 valence electrons. The smallest absolute Gasteiger partial charge is 0.326 e. The summed E-state index contributed by atoms with van der Waals surface area (Å²) in [5.41, 5.74) is 0. The van der Waals surface area contributed by atoms with Gasteiger partial charge in [0.2, 0.25) is 0 Å². The average molecular weight is 288 g/mol. The molecule has 0 spiro atoms. The normalized spacial score (nSPS) is 21.6. The van der Waals surface area contributed by atoms with Crippen molar-refractivity contribution in [3.8, 4) is 0 Å². The molecule has 1 aliphatic heterocycles. The zero-order valence-corrected chi connectivity index (χ0v) is 11.6. The monoisotopic (exact) mass is 288 g/mol. The molecule has 8 nitrogen and oxygen atoms in total. The van der Waals surface area contributed by atoms with Gasteiger partial charge in [0, 0.05) is 33.0 Å². The number of aliphatic hydroxyl groups is 1. The average Bonchev–Trinajstić information content (AvgIpc) is 2.79. The van der Waals surface area contributed by atoms with Crippen LogP contribution >= 0.6 is 0 Å². The molecule has 0 aromatic carbocycles. The van der Waals surface area contributed by atoms with Gasteiger partial charge in [-0.05, 0) is 6.42 Å². The number of esters is 1. The first-order valence-corrected chi connectivity index (χ1v) is 6.36. The second kappa shape index (κ2) is 7.09. The Morgan fingerprint density at radius 1 is 1.40 bits per heavy atom. The van der Waals surface area contributed by atoms with Gasteiger partial charge in [-0.1, -0.05) is 0 Å². The number of β-amino-alcohol motifs (C(OH)–C–C–N with tert-alkyl or cyclic N) is 1. The standard InChI is InChI=1S/C12H20N2O6/c1-13(5-3-4-10(16)20-2)12(19)14-7-8(15)6-9(14)11(17)18/h8-9,15H,3-7H2,1-2H3,(H,17,18)/t8-,9-/m0/s1. The molecule has 2 amide bonds. The van der Waals surface area contributed by atoms with E-state index in [-0.39, 0.29) is 25.4 Å². The van der Waals surface area contributed by atoms with E-state index in [4.69, 9.17) is 5.11 Å². The molecule has 0 saturated carbocycles. The Kier molecular flexibility index (Phi) is 5.75. The SMILES string of the molecule is COC(=O)CCCN(C)C(=O)N1C[C@@H](O)C[C@H]1C(=O)O. The van der Waals surface area contributed by atoms with Crippen LogP contribution < -0.4 is 0 Å². The summed E-state index contributed by atoms with van der Waals surface area (Å²) in [4.78, 5) is 36.6. The van der Waals surface area contributed by atoms with Crippen molar-refractivity contribution in [2.45, 2.75) is 31.4 Å². The highest BCUT2D eigenvalue weighted by Gasteiger charge is 2.39. The van der Waals surface area contributed by atoms with Crippen LogP contribution in [0.5, 0.6) is 0 Å². The summed E-state index contributed by atoms with van der Waals surface area (Å²) in [6.45, 7) is 0.323. The number of hydrogen-bond donors (Lipinski definition) is 2. The Hall–Kier alpha value is -1.83. The second-order valence-corrected chi connectivity index (χ2v) is 4.78. The van der Waals surface area contributed by atoms with Crippen LogP contribution in [-0.4, -0.2) is 77.4 Å². The number of rotatable bonds is 5. The summed E-state index contributed by atoms with van der Waals surface area (Å²) in [5, 5.41) is 18.5. The van der Waals surface area contributed by atoms with Crippen molar-refractivity contribution in [1.82, 2.24) is 9.80 Å². The quantitative estimate of drug-likeness (QED) is 0.661. The minimum atomic E-state index is -1.13. The Bertz CT molecular complexity index is 386. The van der Waals surface area contributed by atoms with Crippen molar-refractivity contribution in [3.05, 3.63) is 0 Å². The third-order valence-electron chi connectivity index (χ3n) is 3.24. The number of carboxylic acids is 1. The van der Waals surface area contributed by atoms with E-state index >= 15 is 0 Å². The number of aliphatic hydroxyl groups excluding tert-OH is 1. The summed E-state index contributed by atoms with van der Waals surface area (Å²) in [5.74, 6) is -1.48. The molecule has 2 N–H and O–H groups in total. The maximum Gasteiger partial charge on any atom is 0.326 e. The van der Waals surface area contributed by atoms with Crippen LogP contribution in [-0.2, 0) is 14.3 Å². The van der Waals surface area contributed by atoms with E-state index < -0.39 is 24.1 Å². The number of ether oxygens (including phenoxy) is 1. The third-order valence-corrected chi connectivity index (χ3v) is 3.24. The van der Waals surface area contributed by atoms with Crippen LogP contribution in [0.1, 0.15) is 19.3 Å². The molecule has 20 heavy (non-hydrogen) atoms. The first-order chi connectivity index (χ1) is 9.36. The van der Waals surface area contributed by atoms with E-state index in [1.54, 1.807) is 0 Å². The topological polar surface area (TPSA) is 107 Å². The van der Waals surface area contributed by atoms with Crippen molar-refractivity contribution < 1.29 is 29.3 Å². The van der Waals surface area contributed by atoms with Gasteiger partial charge in [0.05, 0.1) is 13.2 Å². The summed E-state index contributed by atoms with van der Waals surface area (Å²) in [6, 6.07) is -1.46. The van der Waals surface area contributed by atoms with Gasteiger partial charge in [-0.25, -0.2) is 9.59 Å². The second-order valence-electron chi connectivity index (χ2n) is 4.78. The largest absolute Gasteiger partial charge is 0.480 e. The minimum absolute atomic E-state index is 0.0111. The molecule has 1 heterocycles. The third kappa shape index (κ3) is 4.09. The number of aliphatic carboxylic acids is 1. The highest BCUT2D eigenvalue weighted by molar-refractivity contribution is 5.83. The van der Waals surface area contributed by atoms with Gasteiger partial charge in [-0.2, -0.15) is 0 Å². The molecule has 1 saturated heterocycles. The number of carbonyl (C=O) groups excluding carboxylic acids is 2. The van der Waals surface area contributed by atoms with Crippen molar-refractivity contribution in [1.29, 1.82) is 0 Å². The summed E-state index contributed by atoms with van der Waals surface area (Å²) < 4.78 is 4.49. The molecule has 0 aliphatic carbocycles. The number of urea groups is 1. The summed E-state index contributed by atoms with van der Waals surface area (Å²) >= 11 is 0. The highest BCUT2D eigenvalue weighted by Crippen LogP contribution is 2.19. The first kappa shape index (κ1) is 16.2. The minimum Gasteiger partial charge on any atom is -0.480 e. The number of amides is 2. The zero-order chi connectivity index (χ0) is 15.3. The molecule has 2 atom stereocenters. The van der Waals surface area contributed by atoms with Crippen molar-refractivity contribution >= 4 is 18.0 Å². The molecule has 0 bridgehead atoms. The predicted molar refractivity (Wildman–Crippen MR) is 68.0 cm³/mol. The fourth-order valence-electron chi connectivity index (χ4n) is 2.14. The molecule has 1 aliphatic rings. The van der Waals surface area contributed by atoms with Gasteiger partial charge >= 0.3 is 18.0 Å². The van der Waals surface area contributed by atoms with E-state index in [1.807, 2.05) is 0 Å². The molecule has 0 radical (unpaired) electrons. The number of nitrogens with zero attached hydrogens (tertiary/aromatic N) is 2. The van der Waals surface area contributed by atoms with Crippen LogP contribution in [0.2, 0.25) is 0 Å². The van der Waals surface area contributed by atoms with Crippen LogP contribution in [0.15, 0.2) is 0 Å². The lowest BCUT2D eigenvalue weighted by Gasteiger charge is -2.27. The number of hydrogen-bond acceptors (Lipinski definition) is 5. The van der Waals surface area contributed by atoms with Gasteiger partial charge in [-0.3, -0.25) is 4.79 Å². The Morgan fingerprint density at radius 2 is 2.05 bits per heavy atom. The molecule has 0 aromatic heterocycles. The van der Waals surface area contributed by atoms with Gasteiger partial charge < -0.3 is 24.7 Å². The van der Waals surface area contributed by atoms with E-state index in [2.05, 4.69) is 4.74 Å². The number of likely N-dealkylation sites (tertiary alicyclic amines) is 1. The maximum absolute atomic E-state index is 12.1. The fraction of sp³-hybridized carbons (Fsp3) is 0.750. The molecule has 1 fully saturated rings. The summed E-state index contributed by atoms with van der Waals surface area (Å²) in [7, 11) is 2.82. The van der Waals surface area contributed by atoms with Crippen molar-refractivity contribution in [2.75, 3.05) is 27.2 Å². The fourth-order valence-corrected chi connectivity index (χ4v) is 2.14. The van der Waals surface area contributed by atoms with Crippen LogP contribution in [0.25, 0.3) is 0 Å². The van der Waals surface area contributed by atoms with Crippen molar-refractivity contribution in [3.63, 3.8) is 0 Å². The number of carboxylic acid groups (broad SMARTS) is 1. The Labute approximate surface area is 116 Å².